The molecule has 0 unspecified atom stereocenters. The Kier molecular flexibility index (Phi) is 8.35. The van der Waals surface area contributed by atoms with Crippen molar-refractivity contribution >= 4 is 0 Å². The maximum absolute atomic E-state index is 10.4. The Morgan fingerprint density at radius 3 is 2.38 bits per heavy atom. The van der Waals surface area contributed by atoms with Gasteiger partial charge in [0.05, 0.1) is 40.5 Å². The van der Waals surface area contributed by atoms with Crippen molar-refractivity contribution in [3.05, 3.63) is 59.7 Å². The van der Waals surface area contributed by atoms with Crippen LogP contribution in [0.25, 0.3) is 0 Å². The van der Waals surface area contributed by atoms with E-state index in [2.05, 4.69) is 30.3 Å². The number of quaternary nitrogens is 1. The van der Waals surface area contributed by atoms with Crippen molar-refractivity contribution in [1.29, 1.82) is 0 Å². The first-order chi connectivity index (χ1) is 14.2. The fourth-order valence-corrected chi connectivity index (χ4v) is 4.12. The topological polar surface area (TPSA) is 52.4 Å². The van der Waals surface area contributed by atoms with Crippen molar-refractivity contribution in [2.24, 2.45) is 5.92 Å². The number of hydrogen-bond donors (Lipinski definition) is 2. The number of rotatable bonds is 10. The lowest BCUT2D eigenvalue weighted by atomic mass is 9.90. The van der Waals surface area contributed by atoms with Gasteiger partial charge in [-0.25, -0.2) is 0 Å². The fraction of sp³-hybridized carbons (Fsp3) is 0.500. The van der Waals surface area contributed by atoms with Crippen LogP contribution in [0.5, 0.6) is 11.5 Å². The molecule has 1 aliphatic rings. The van der Waals surface area contributed by atoms with E-state index in [0.717, 1.165) is 31.1 Å². The molecule has 0 bridgehead atoms. The molecule has 2 aromatic rings. The molecule has 0 aromatic heterocycles. The fourth-order valence-electron chi connectivity index (χ4n) is 4.12. The third-order valence-corrected chi connectivity index (χ3v) is 5.73. The predicted octanol–water partition coefficient (Wildman–Crippen LogP) is 2.12. The molecule has 0 spiro atoms. The smallest absolute Gasteiger partial charge is 0.161 e. The van der Waals surface area contributed by atoms with Crippen LogP contribution in [0.3, 0.4) is 0 Å². The third-order valence-electron chi connectivity index (χ3n) is 5.73. The van der Waals surface area contributed by atoms with Gasteiger partial charge in [-0.05, 0) is 48.4 Å². The van der Waals surface area contributed by atoms with Crippen molar-refractivity contribution in [2.75, 3.05) is 40.5 Å². The van der Waals surface area contributed by atoms with Gasteiger partial charge in [0.25, 0.3) is 0 Å². The third kappa shape index (κ3) is 6.74. The molecule has 1 heterocycles. The minimum atomic E-state index is -0.434. The lowest BCUT2D eigenvalue weighted by molar-refractivity contribution is -0.909. The van der Waals surface area contributed by atoms with E-state index in [0.29, 0.717) is 24.7 Å². The molecule has 5 nitrogen and oxygen atoms in total. The Morgan fingerprint density at radius 1 is 0.966 bits per heavy atom. The van der Waals surface area contributed by atoms with Gasteiger partial charge in [-0.1, -0.05) is 36.4 Å². The highest BCUT2D eigenvalue weighted by Gasteiger charge is 2.24. The van der Waals surface area contributed by atoms with Gasteiger partial charge in [0.1, 0.15) is 12.6 Å². The van der Waals surface area contributed by atoms with Crippen LogP contribution < -0.4 is 14.4 Å². The van der Waals surface area contributed by atoms with Crippen molar-refractivity contribution in [3.8, 4) is 11.5 Å². The van der Waals surface area contributed by atoms with E-state index < -0.39 is 6.10 Å². The number of piperidine rings is 1. The monoisotopic (exact) mass is 400 g/mol. The standard InChI is InChI=1S/C24H33NO4/c1-27-23-9-8-21(15-24(23)28-2)17-29-18-22(26)16-25-12-10-20(11-13-25)14-19-6-4-3-5-7-19/h3-9,15,20,22,26H,10-14,16-18H2,1-2H3/p+1/t22-/m0/s1. The highest BCUT2D eigenvalue weighted by Crippen LogP contribution is 2.27. The second-order valence-corrected chi connectivity index (χ2v) is 7.95. The van der Waals surface area contributed by atoms with Crippen LogP contribution in [0.4, 0.5) is 0 Å². The van der Waals surface area contributed by atoms with E-state index in [4.69, 9.17) is 14.2 Å². The number of likely N-dealkylation sites (tertiary alicyclic amines) is 1. The van der Waals surface area contributed by atoms with Crippen LogP contribution in [0.15, 0.2) is 48.5 Å². The second-order valence-electron chi connectivity index (χ2n) is 7.95. The Balaban J connectivity index is 1.34. The van der Waals surface area contributed by atoms with E-state index >= 15 is 0 Å². The second kappa shape index (κ2) is 11.2. The lowest BCUT2D eigenvalue weighted by Gasteiger charge is -2.30. The summed E-state index contributed by atoms with van der Waals surface area (Å²) < 4.78 is 16.3. The Hall–Kier alpha value is -2.08. The van der Waals surface area contributed by atoms with Crippen molar-refractivity contribution in [1.82, 2.24) is 0 Å². The van der Waals surface area contributed by atoms with Gasteiger partial charge in [0.15, 0.2) is 11.5 Å². The van der Waals surface area contributed by atoms with Crippen LogP contribution >= 0.6 is 0 Å². The normalized spacial score (nSPS) is 20.2. The molecule has 1 saturated heterocycles. The number of aliphatic hydroxyl groups excluding tert-OH is 1. The van der Waals surface area contributed by atoms with Gasteiger partial charge in [-0.2, -0.15) is 0 Å². The molecular weight excluding hydrogens is 366 g/mol. The number of benzene rings is 2. The molecule has 2 N–H and O–H groups in total. The molecule has 2 aromatic carbocycles. The Bertz CT molecular complexity index is 729. The molecule has 1 aliphatic heterocycles. The van der Waals surface area contributed by atoms with Crippen LogP contribution in [0.2, 0.25) is 0 Å². The molecule has 0 saturated carbocycles. The van der Waals surface area contributed by atoms with E-state index in [1.807, 2.05) is 18.2 Å². The SMILES string of the molecule is COc1ccc(COC[C@@H](O)C[NH+]2CCC(Cc3ccccc3)CC2)cc1OC. The number of ether oxygens (including phenoxy) is 3. The molecule has 29 heavy (non-hydrogen) atoms. The number of hydrogen-bond acceptors (Lipinski definition) is 4. The maximum atomic E-state index is 10.4. The van der Waals surface area contributed by atoms with Crippen LogP contribution in [-0.4, -0.2) is 51.7 Å². The summed E-state index contributed by atoms with van der Waals surface area (Å²) in [7, 11) is 3.25. The van der Waals surface area contributed by atoms with Gasteiger partial charge in [-0.15, -0.1) is 0 Å². The first-order valence-electron chi connectivity index (χ1n) is 10.5. The molecule has 1 fully saturated rings. The Morgan fingerprint density at radius 2 is 1.69 bits per heavy atom. The molecule has 0 amide bonds. The zero-order chi connectivity index (χ0) is 20.5. The number of methoxy groups -OCH3 is 2. The summed E-state index contributed by atoms with van der Waals surface area (Å²) >= 11 is 0. The van der Waals surface area contributed by atoms with Gasteiger partial charge in [-0.3, -0.25) is 0 Å². The average Bonchev–Trinajstić information content (AvgIpc) is 2.75. The highest BCUT2D eigenvalue weighted by molar-refractivity contribution is 5.42. The molecule has 0 aliphatic carbocycles. The number of nitrogens with one attached hydrogen (secondary N) is 1. The largest absolute Gasteiger partial charge is 0.493 e. The summed E-state index contributed by atoms with van der Waals surface area (Å²) in [6, 6.07) is 16.5. The van der Waals surface area contributed by atoms with Crippen molar-refractivity contribution < 1.29 is 24.2 Å². The first kappa shape index (κ1) is 21.6. The minimum Gasteiger partial charge on any atom is -0.493 e. The number of aliphatic hydroxyl groups is 1. The molecule has 158 valence electrons. The van der Waals surface area contributed by atoms with Crippen LogP contribution in [0.1, 0.15) is 24.0 Å². The van der Waals surface area contributed by atoms with Gasteiger partial charge in [0, 0.05) is 0 Å². The minimum absolute atomic E-state index is 0.352. The van der Waals surface area contributed by atoms with E-state index in [1.165, 1.54) is 29.7 Å². The molecular formula is C24H34NO4+. The van der Waals surface area contributed by atoms with Gasteiger partial charge in [0.2, 0.25) is 0 Å². The summed E-state index contributed by atoms with van der Waals surface area (Å²) in [6.07, 6.45) is 3.19. The zero-order valence-electron chi connectivity index (χ0n) is 17.6. The van der Waals surface area contributed by atoms with Gasteiger partial charge >= 0.3 is 0 Å². The summed E-state index contributed by atoms with van der Waals surface area (Å²) in [4.78, 5) is 1.48. The maximum Gasteiger partial charge on any atom is 0.161 e. The Labute approximate surface area is 174 Å². The van der Waals surface area contributed by atoms with Gasteiger partial charge < -0.3 is 24.2 Å². The zero-order valence-corrected chi connectivity index (χ0v) is 17.6. The van der Waals surface area contributed by atoms with Crippen LogP contribution in [0, 0.1) is 5.92 Å². The predicted molar refractivity (Wildman–Crippen MR) is 114 cm³/mol. The highest BCUT2D eigenvalue weighted by atomic mass is 16.5. The molecule has 1 atom stereocenters. The summed E-state index contributed by atoms with van der Waals surface area (Å²) in [6.45, 7) is 3.82. The first-order valence-corrected chi connectivity index (χ1v) is 10.5. The van der Waals surface area contributed by atoms with Crippen molar-refractivity contribution in [2.45, 2.75) is 32.0 Å². The molecule has 5 heteroatoms. The summed E-state index contributed by atoms with van der Waals surface area (Å²) in [5.74, 6) is 2.16. The van der Waals surface area contributed by atoms with E-state index in [9.17, 15) is 5.11 Å². The summed E-state index contributed by atoms with van der Waals surface area (Å²) in [5, 5.41) is 10.4. The molecule has 3 rings (SSSR count). The summed E-state index contributed by atoms with van der Waals surface area (Å²) in [5.41, 5.74) is 2.44. The quantitative estimate of drug-likeness (QED) is 0.642. The van der Waals surface area contributed by atoms with Crippen molar-refractivity contribution in [3.63, 3.8) is 0 Å². The average molecular weight is 401 g/mol. The lowest BCUT2D eigenvalue weighted by Crippen LogP contribution is -3.14. The van der Waals surface area contributed by atoms with E-state index in [1.54, 1.807) is 14.2 Å². The van der Waals surface area contributed by atoms with Crippen LogP contribution in [-0.2, 0) is 17.8 Å². The van der Waals surface area contributed by atoms with E-state index in [-0.39, 0.29) is 0 Å². The molecule has 0 radical (unpaired) electrons.